The summed E-state index contributed by atoms with van der Waals surface area (Å²) in [7, 11) is 0. The number of aryl methyl sites for hydroxylation is 1. The second-order valence-corrected chi connectivity index (χ2v) is 6.27. The molecule has 1 aliphatic rings. The summed E-state index contributed by atoms with van der Waals surface area (Å²) in [5.41, 5.74) is 1.85. The number of rotatable bonds is 3. The Bertz CT molecular complexity index is 689. The van der Waals surface area contributed by atoms with E-state index in [-0.39, 0.29) is 12.1 Å². The summed E-state index contributed by atoms with van der Waals surface area (Å²) in [5, 5.41) is 6.66. The monoisotopic (exact) mass is 379 g/mol. The molecule has 0 bridgehead atoms. The van der Waals surface area contributed by atoms with E-state index < -0.39 is 0 Å². The van der Waals surface area contributed by atoms with Gasteiger partial charge in [0, 0.05) is 17.1 Å². The Morgan fingerprint density at radius 1 is 1.48 bits per heavy atom. The van der Waals surface area contributed by atoms with Gasteiger partial charge in [-0.25, -0.2) is 4.79 Å². The molecule has 2 amide bonds. The Morgan fingerprint density at radius 3 is 3.04 bits per heavy atom. The molecule has 1 fully saturated rings. The van der Waals surface area contributed by atoms with Crippen molar-refractivity contribution in [3.8, 4) is 0 Å². The normalized spacial score (nSPS) is 18.0. The van der Waals surface area contributed by atoms with Crippen LogP contribution in [0.1, 0.15) is 23.1 Å². The number of ether oxygens (including phenoxy) is 1. The lowest BCUT2D eigenvalue weighted by Crippen LogP contribution is -2.47. The number of urea groups is 1. The van der Waals surface area contributed by atoms with Crippen LogP contribution in [0.5, 0.6) is 0 Å². The number of amides is 2. The molecule has 7 heteroatoms. The summed E-state index contributed by atoms with van der Waals surface area (Å²) in [6.07, 6.45) is -0.127. The Hall–Kier alpha value is -1.86. The van der Waals surface area contributed by atoms with Gasteiger partial charge in [-0.15, -0.1) is 0 Å². The number of benzene rings is 1. The summed E-state index contributed by atoms with van der Waals surface area (Å²) in [5.74, 6) is 0.645. The molecule has 1 aromatic carbocycles. The lowest BCUT2D eigenvalue weighted by molar-refractivity contribution is -0.0158. The maximum absolute atomic E-state index is 12.3. The number of hydrogen-bond donors (Lipinski definition) is 1. The number of aromatic nitrogens is 1. The molecule has 122 valence electrons. The van der Waals surface area contributed by atoms with Gasteiger partial charge in [0.1, 0.15) is 6.10 Å². The van der Waals surface area contributed by atoms with Crippen molar-refractivity contribution >= 4 is 22.0 Å². The van der Waals surface area contributed by atoms with Crippen LogP contribution in [0.15, 0.2) is 39.3 Å². The van der Waals surface area contributed by atoms with Gasteiger partial charge in [0.15, 0.2) is 5.76 Å². The van der Waals surface area contributed by atoms with Gasteiger partial charge in [-0.05, 0) is 18.6 Å². The highest BCUT2D eigenvalue weighted by atomic mass is 79.9. The van der Waals surface area contributed by atoms with Crippen molar-refractivity contribution < 1.29 is 14.1 Å². The van der Waals surface area contributed by atoms with Gasteiger partial charge in [-0.3, -0.25) is 0 Å². The smallest absolute Gasteiger partial charge is 0.317 e. The minimum absolute atomic E-state index is 0.126. The largest absolute Gasteiger partial charge is 0.370 e. The number of morpholine rings is 1. The topological polar surface area (TPSA) is 67.6 Å². The van der Waals surface area contributed by atoms with Crippen LogP contribution in [0.25, 0.3) is 0 Å². The maximum atomic E-state index is 12.3. The third-order valence-electron chi connectivity index (χ3n) is 3.70. The first-order chi connectivity index (χ1) is 11.1. The Balaban J connectivity index is 1.59. The van der Waals surface area contributed by atoms with E-state index in [2.05, 4.69) is 26.4 Å². The first kappa shape index (κ1) is 16.0. The van der Waals surface area contributed by atoms with Crippen molar-refractivity contribution in [2.45, 2.75) is 19.6 Å². The molecule has 1 aliphatic heterocycles. The minimum Gasteiger partial charge on any atom is -0.370 e. The fourth-order valence-corrected chi connectivity index (χ4v) is 3.07. The third kappa shape index (κ3) is 3.92. The van der Waals surface area contributed by atoms with Crippen molar-refractivity contribution in [1.82, 2.24) is 15.4 Å². The summed E-state index contributed by atoms with van der Waals surface area (Å²) in [6, 6.07) is 9.59. The first-order valence-electron chi connectivity index (χ1n) is 7.44. The number of halogens is 1. The van der Waals surface area contributed by atoms with Crippen molar-refractivity contribution in [2.24, 2.45) is 0 Å². The van der Waals surface area contributed by atoms with Gasteiger partial charge >= 0.3 is 6.03 Å². The van der Waals surface area contributed by atoms with Crippen LogP contribution in [0, 0.1) is 6.92 Å². The van der Waals surface area contributed by atoms with Gasteiger partial charge in [-0.1, -0.05) is 39.3 Å². The first-order valence-corrected chi connectivity index (χ1v) is 8.24. The summed E-state index contributed by atoms with van der Waals surface area (Å²) >= 11 is 3.53. The van der Waals surface area contributed by atoms with E-state index in [9.17, 15) is 4.79 Å². The van der Waals surface area contributed by atoms with Gasteiger partial charge < -0.3 is 19.5 Å². The fourth-order valence-electron chi connectivity index (χ4n) is 2.53. The molecular weight excluding hydrogens is 362 g/mol. The molecule has 1 N–H and O–H groups in total. The molecule has 1 unspecified atom stereocenters. The molecule has 1 aromatic heterocycles. The average Bonchev–Trinajstić information content (AvgIpc) is 2.98. The quantitative estimate of drug-likeness (QED) is 0.889. The van der Waals surface area contributed by atoms with Crippen LogP contribution >= 0.6 is 15.9 Å². The molecule has 0 radical (unpaired) electrons. The van der Waals surface area contributed by atoms with Crippen molar-refractivity contribution in [3.05, 3.63) is 51.8 Å². The second-order valence-electron chi connectivity index (χ2n) is 5.42. The molecule has 0 spiro atoms. The standard InChI is InChI=1S/C16H18BrN3O3/c1-11-8-12(23-19-11)9-18-16(21)20-6-7-22-15(10-20)13-4-2-3-5-14(13)17/h2-5,8,15H,6-7,9-10H2,1H3,(H,18,21). The molecule has 0 aliphatic carbocycles. The van der Waals surface area contributed by atoms with Gasteiger partial charge in [-0.2, -0.15) is 0 Å². The Labute approximate surface area is 142 Å². The zero-order valence-corrected chi connectivity index (χ0v) is 14.4. The lowest BCUT2D eigenvalue weighted by atomic mass is 10.1. The Kier molecular flexibility index (Phi) is 4.97. The number of carbonyl (C=O) groups is 1. The van der Waals surface area contributed by atoms with E-state index >= 15 is 0 Å². The zero-order chi connectivity index (χ0) is 16.2. The van der Waals surface area contributed by atoms with Crippen LogP contribution in [0.2, 0.25) is 0 Å². The predicted molar refractivity (Wildman–Crippen MR) is 87.9 cm³/mol. The molecule has 1 saturated heterocycles. The summed E-state index contributed by atoms with van der Waals surface area (Å²) in [4.78, 5) is 14.1. The summed E-state index contributed by atoms with van der Waals surface area (Å²) in [6.45, 7) is 3.78. The van der Waals surface area contributed by atoms with Crippen LogP contribution in [0.4, 0.5) is 4.79 Å². The van der Waals surface area contributed by atoms with Crippen LogP contribution < -0.4 is 5.32 Å². The van der Waals surface area contributed by atoms with Crippen LogP contribution in [-0.4, -0.2) is 35.8 Å². The van der Waals surface area contributed by atoms with Crippen LogP contribution in [0.3, 0.4) is 0 Å². The minimum atomic E-state index is -0.127. The lowest BCUT2D eigenvalue weighted by Gasteiger charge is -2.33. The predicted octanol–water partition coefficient (Wildman–Crippen LogP) is 3.03. The molecule has 2 heterocycles. The molecule has 3 rings (SSSR count). The number of hydrogen-bond acceptors (Lipinski definition) is 4. The van der Waals surface area contributed by atoms with Gasteiger partial charge in [0.2, 0.25) is 0 Å². The van der Waals surface area contributed by atoms with E-state index in [1.807, 2.05) is 37.3 Å². The van der Waals surface area contributed by atoms with E-state index in [4.69, 9.17) is 9.26 Å². The summed E-state index contributed by atoms with van der Waals surface area (Å²) < 4.78 is 11.9. The zero-order valence-electron chi connectivity index (χ0n) is 12.8. The number of nitrogens with one attached hydrogen (secondary N) is 1. The molecule has 0 saturated carbocycles. The molecule has 2 aromatic rings. The van der Waals surface area contributed by atoms with Crippen molar-refractivity contribution in [1.29, 1.82) is 0 Å². The van der Waals surface area contributed by atoms with E-state index in [1.165, 1.54) is 0 Å². The maximum Gasteiger partial charge on any atom is 0.317 e. The SMILES string of the molecule is Cc1cc(CNC(=O)N2CCOC(c3ccccc3Br)C2)on1. The number of nitrogens with zero attached hydrogens (tertiary/aromatic N) is 2. The highest BCUT2D eigenvalue weighted by molar-refractivity contribution is 9.10. The number of carbonyl (C=O) groups excluding carboxylic acids is 1. The molecule has 23 heavy (non-hydrogen) atoms. The second kappa shape index (κ2) is 7.14. The molecule has 1 atom stereocenters. The molecular formula is C16H18BrN3O3. The molecule has 6 nitrogen and oxygen atoms in total. The van der Waals surface area contributed by atoms with Gasteiger partial charge in [0.05, 0.1) is 25.4 Å². The van der Waals surface area contributed by atoms with Gasteiger partial charge in [0.25, 0.3) is 0 Å². The highest BCUT2D eigenvalue weighted by Gasteiger charge is 2.26. The van der Waals surface area contributed by atoms with E-state index in [1.54, 1.807) is 4.90 Å². The van der Waals surface area contributed by atoms with Crippen molar-refractivity contribution in [3.63, 3.8) is 0 Å². The highest BCUT2D eigenvalue weighted by Crippen LogP contribution is 2.28. The third-order valence-corrected chi connectivity index (χ3v) is 4.42. The fraction of sp³-hybridized carbons (Fsp3) is 0.375. The average molecular weight is 380 g/mol. The Morgan fingerprint density at radius 2 is 2.30 bits per heavy atom. The van der Waals surface area contributed by atoms with E-state index in [0.717, 1.165) is 15.7 Å². The van der Waals surface area contributed by atoms with Crippen LogP contribution in [-0.2, 0) is 11.3 Å². The van der Waals surface area contributed by atoms with E-state index in [0.29, 0.717) is 32.0 Å². The van der Waals surface area contributed by atoms with Crippen molar-refractivity contribution in [2.75, 3.05) is 19.7 Å².